The Hall–Kier alpha value is -5.13. The maximum Gasteiger partial charge on any atom is 0.243 e. The number of aromatic nitrogens is 3. The molecule has 0 saturated heterocycles. The smallest absolute Gasteiger partial charge is 0.243 e. The molecule has 5 rings (SSSR count). The highest BCUT2D eigenvalue weighted by molar-refractivity contribution is 5.86. The minimum Gasteiger partial charge on any atom is -0.493 e. The molecule has 2 heterocycles. The third-order valence-electron chi connectivity index (χ3n) is 8.81. The Kier molecular flexibility index (Phi) is 9.97. The number of carbonyl (C=O) groups is 2. The lowest BCUT2D eigenvalue weighted by atomic mass is 9.95. The van der Waals surface area contributed by atoms with Crippen LogP contribution in [0.1, 0.15) is 69.6 Å². The summed E-state index contributed by atoms with van der Waals surface area (Å²) in [6.07, 6.45) is 3.66. The molecule has 12 nitrogen and oxygen atoms in total. The summed E-state index contributed by atoms with van der Waals surface area (Å²) in [5.74, 6) is 1.40. The SMILES string of the molecule is CCC(C)C(Nc1ccc2c(cc1=O)C(NC(C)=O)CCc1cc(OC)c(OC)c(OC)c1-2)C(=O)NC(C)c1nnc2ccccn12. The third-order valence-corrected chi connectivity index (χ3v) is 8.81. The van der Waals surface area contributed by atoms with Crippen LogP contribution in [-0.2, 0) is 16.0 Å². The molecular formula is C35H42N6O6. The van der Waals surface area contributed by atoms with E-state index in [2.05, 4.69) is 26.1 Å². The number of hydrogen-bond donors (Lipinski definition) is 3. The standard InChI is InChI=1S/C35H42N6O6/c1-8-19(2)31(35(44)36-20(3)34-40-39-29-11-9-10-16-41(29)34)38-26-15-13-23-24(18-27(26)43)25(37-21(4)42)14-12-22-17-28(45-5)32(46-6)33(47-7)30(22)23/h9-11,13,15-20,25,31H,8,12,14H2,1-7H3,(H,36,44)(H,37,42)(H,38,43). The summed E-state index contributed by atoms with van der Waals surface area (Å²) < 4.78 is 19.0. The number of carbonyl (C=O) groups excluding carboxylic acids is 2. The zero-order valence-corrected chi connectivity index (χ0v) is 27.8. The van der Waals surface area contributed by atoms with Crippen molar-refractivity contribution < 1.29 is 23.8 Å². The first-order valence-electron chi connectivity index (χ1n) is 15.8. The maximum absolute atomic E-state index is 13.9. The van der Waals surface area contributed by atoms with E-state index in [1.165, 1.54) is 6.92 Å². The second-order valence-electron chi connectivity index (χ2n) is 11.8. The van der Waals surface area contributed by atoms with Gasteiger partial charge in [0.2, 0.25) is 23.0 Å². The molecule has 1 aliphatic rings. The fraction of sp³-hybridized carbons (Fsp3) is 0.400. The molecule has 2 amide bonds. The first-order valence-corrected chi connectivity index (χ1v) is 15.8. The fourth-order valence-corrected chi connectivity index (χ4v) is 6.22. The monoisotopic (exact) mass is 642 g/mol. The Labute approximate surface area is 273 Å². The molecule has 2 aromatic carbocycles. The van der Waals surface area contributed by atoms with E-state index >= 15 is 0 Å². The maximum atomic E-state index is 13.9. The quantitative estimate of drug-likeness (QED) is 0.214. The number of nitrogens with zero attached hydrogens (tertiary/aromatic N) is 3. The van der Waals surface area contributed by atoms with Gasteiger partial charge in [-0.3, -0.25) is 18.8 Å². The minimum absolute atomic E-state index is 0.121. The van der Waals surface area contributed by atoms with Crippen molar-refractivity contribution in [2.75, 3.05) is 26.6 Å². The van der Waals surface area contributed by atoms with Crippen molar-refractivity contribution in [3.05, 3.63) is 75.8 Å². The highest BCUT2D eigenvalue weighted by Gasteiger charge is 2.31. The van der Waals surface area contributed by atoms with Gasteiger partial charge in [-0.15, -0.1) is 10.2 Å². The average Bonchev–Trinajstić information content (AvgIpc) is 3.37. The molecule has 12 heteroatoms. The number of pyridine rings is 1. The van der Waals surface area contributed by atoms with Crippen molar-refractivity contribution in [3.8, 4) is 28.4 Å². The summed E-state index contributed by atoms with van der Waals surface area (Å²) in [5.41, 5.74) is 3.63. The van der Waals surface area contributed by atoms with Crippen molar-refractivity contribution in [1.29, 1.82) is 0 Å². The second-order valence-corrected chi connectivity index (χ2v) is 11.8. The first kappa shape index (κ1) is 33.2. The summed E-state index contributed by atoms with van der Waals surface area (Å²) >= 11 is 0. The molecular weight excluding hydrogens is 600 g/mol. The predicted molar refractivity (Wildman–Crippen MR) is 179 cm³/mol. The van der Waals surface area contributed by atoms with Gasteiger partial charge in [-0.2, -0.15) is 0 Å². The molecule has 0 spiro atoms. The summed E-state index contributed by atoms with van der Waals surface area (Å²) in [7, 11) is 4.66. The number of ether oxygens (including phenoxy) is 3. The van der Waals surface area contributed by atoms with Gasteiger partial charge in [-0.1, -0.05) is 32.4 Å². The van der Waals surface area contributed by atoms with Crippen LogP contribution in [0.3, 0.4) is 0 Å². The molecule has 0 bridgehead atoms. The first-order chi connectivity index (χ1) is 22.6. The topological polar surface area (TPSA) is 145 Å². The van der Waals surface area contributed by atoms with Crippen LogP contribution in [0.5, 0.6) is 17.2 Å². The van der Waals surface area contributed by atoms with E-state index in [0.717, 1.165) is 11.1 Å². The average molecular weight is 643 g/mol. The van der Waals surface area contributed by atoms with E-state index in [4.69, 9.17) is 14.2 Å². The van der Waals surface area contributed by atoms with E-state index in [-0.39, 0.29) is 28.8 Å². The minimum atomic E-state index is -0.728. The van der Waals surface area contributed by atoms with Crippen LogP contribution in [0.2, 0.25) is 0 Å². The van der Waals surface area contributed by atoms with Crippen molar-refractivity contribution in [2.45, 2.75) is 65.1 Å². The number of anilines is 1. The molecule has 0 aliphatic heterocycles. The Bertz CT molecular complexity index is 1860. The zero-order valence-electron chi connectivity index (χ0n) is 27.8. The van der Waals surface area contributed by atoms with Gasteiger partial charge in [0, 0.05) is 18.7 Å². The summed E-state index contributed by atoms with van der Waals surface area (Å²) in [5, 5.41) is 17.8. The number of fused-ring (bicyclic) bond motifs is 4. The second kappa shape index (κ2) is 14.1. The number of aryl methyl sites for hydroxylation is 1. The lowest BCUT2D eigenvalue weighted by Gasteiger charge is -2.25. The fourth-order valence-electron chi connectivity index (χ4n) is 6.22. The molecule has 4 atom stereocenters. The largest absolute Gasteiger partial charge is 0.493 e. The van der Waals surface area contributed by atoms with Crippen LogP contribution in [0.25, 0.3) is 16.8 Å². The predicted octanol–water partition coefficient (Wildman–Crippen LogP) is 4.61. The van der Waals surface area contributed by atoms with Gasteiger partial charge in [0.05, 0.1) is 39.1 Å². The van der Waals surface area contributed by atoms with Crippen LogP contribution in [0, 0.1) is 5.92 Å². The van der Waals surface area contributed by atoms with Gasteiger partial charge in [0.15, 0.2) is 23.0 Å². The van der Waals surface area contributed by atoms with Crippen molar-refractivity contribution in [1.82, 2.24) is 25.2 Å². The third kappa shape index (κ3) is 6.58. The molecule has 4 aromatic rings. The summed E-state index contributed by atoms with van der Waals surface area (Å²) in [6, 6.07) is 11.0. The Morgan fingerprint density at radius 3 is 2.47 bits per heavy atom. The summed E-state index contributed by atoms with van der Waals surface area (Å²) in [6.45, 7) is 7.27. The van der Waals surface area contributed by atoms with Gasteiger partial charge in [0.25, 0.3) is 0 Å². The summed E-state index contributed by atoms with van der Waals surface area (Å²) in [4.78, 5) is 40.1. The number of benzene rings is 1. The molecule has 47 heavy (non-hydrogen) atoms. The zero-order chi connectivity index (χ0) is 33.8. The highest BCUT2D eigenvalue weighted by atomic mass is 16.5. The van der Waals surface area contributed by atoms with Crippen LogP contribution < -0.4 is 35.6 Å². The van der Waals surface area contributed by atoms with E-state index < -0.39 is 18.1 Å². The molecule has 0 saturated carbocycles. The number of nitrogens with one attached hydrogen (secondary N) is 3. The van der Waals surface area contributed by atoms with E-state index in [1.807, 2.05) is 61.7 Å². The van der Waals surface area contributed by atoms with Crippen molar-refractivity contribution in [3.63, 3.8) is 0 Å². The van der Waals surface area contributed by atoms with Gasteiger partial charge >= 0.3 is 0 Å². The van der Waals surface area contributed by atoms with Gasteiger partial charge in [-0.25, -0.2) is 0 Å². The lowest BCUT2D eigenvalue weighted by molar-refractivity contribution is -0.123. The molecule has 0 fully saturated rings. The van der Waals surface area contributed by atoms with Crippen molar-refractivity contribution >= 4 is 23.1 Å². The van der Waals surface area contributed by atoms with Gasteiger partial charge in [-0.05, 0) is 72.7 Å². The molecule has 0 radical (unpaired) electrons. The molecule has 1 aliphatic carbocycles. The van der Waals surface area contributed by atoms with Crippen LogP contribution in [0.15, 0.2) is 53.5 Å². The lowest BCUT2D eigenvalue weighted by Crippen LogP contribution is -2.45. The Morgan fingerprint density at radius 1 is 1.02 bits per heavy atom. The number of amides is 2. The molecule has 2 aromatic heterocycles. The Morgan fingerprint density at radius 2 is 1.79 bits per heavy atom. The van der Waals surface area contributed by atoms with Crippen molar-refractivity contribution in [2.24, 2.45) is 5.92 Å². The molecule has 248 valence electrons. The highest BCUT2D eigenvalue weighted by Crippen LogP contribution is 2.50. The van der Waals surface area contributed by atoms with Gasteiger partial charge < -0.3 is 30.2 Å². The molecule has 3 N–H and O–H groups in total. The van der Waals surface area contributed by atoms with Gasteiger partial charge in [0.1, 0.15) is 6.04 Å². The Balaban J connectivity index is 1.57. The van der Waals surface area contributed by atoms with Crippen LogP contribution >= 0.6 is 0 Å². The van der Waals surface area contributed by atoms with Crippen LogP contribution in [-0.4, -0.2) is 53.8 Å². The number of methoxy groups -OCH3 is 3. The van der Waals surface area contributed by atoms with Crippen LogP contribution in [0.4, 0.5) is 5.69 Å². The normalized spacial score (nSPS) is 15.7. The van der Waals surface area contributed by atoms with E-state index in [9.17, 15) is 14.4 Å². The van der Waals surface area contributed by atoms with E-state index in [0.29, 0.717) is 59.1 Å². The molecule has 4 unspecified atom stereocenters. The number of rotatable bonds is 11. The van der Waals surface area contributed by atoms with E-state index in [1.54, 1.807) is 33.5 Å². The number of hydrogen-bond acceptors (Lipinski definition) is 9.